The van der Waals surface area contributed by atoms with Crippen LogP contribution < -0.4 is 0 Å². The molecular weight excluding hydrogens is 352 g/mol. The molecule has 4 bridgehead atoms. The summed E-state index contributed by atoms with van der Waals surface area (Å²) in [6.07, 6.45) is 8.71. The standard InChI is InChI=1S/C22H24N4O2/c1-2-13-5-6-22-17(9-13)21(12-25,19(26)28-22)20(10-23,11-24)18(27-22)16-8-14-3-4-15(16)7-14/h3-4,13-18,26H,2,5-9H2,1H3. The number of nitrogens with zero attached hydrogens (tertiary/aromatic N) is 3. The molecule has 8 unspecified atom stereocenters. The van der Waals surface area contributed by atoms with Crippen molar-refractivity contribution in [3.63, 3.8) is 0 Å². The lowest BCUT2D eigenvalue weighted by atomic mass is 9.49. The molecule has 144 valence electrons. The second kappa shape index (κ2) is 5.59. The van der Waals surface area contributed by atoms with Crippen LogP contribution in [0.25, 0.3) is 0 Å². The molecule has 2 aliphatic heterocycles. The van der Waals surface area contributed by atoms with Crippen molar-refractivity contribution in [1.29, 1.82) is 21.2 Å². The summed E-state index contributed by atoms with van der Waals surface area (Å²) < 4.78 is 12.6. The van der Waals surface area contributed by atoms with Gasteiger partial charge in [0.05, 0.1) is 30.2 Å². The van der Waals surface area contributed by atoms with Crippen molar-refractivity contribution in [2.24, 2.45) is 40.4 Å². The van der Waals surface area contributed by atoms with Crippen molar-refractivity contribution >= 4 is 5.90 Å². The topological polar surface area (TPSA) is 114 Å². The summed E-state index contributed by atoms with van der Waals surface area (Å²) in [6, 6.07) is 6.72. The van der Waals surface area contributed by atoms with Crippen molar-refractivity contribution in [2.45, 2.75) is 57.3 Å². The van der Waals surface area contributed by atoms with Gasteiger partial charge in [-0.25, -0.2) is 0 Å². The molecule has 0 radical (unpaired) electrons. The maximum absolute atomic E-state index is 10.4. The molecule has 5 aliphatic rings. The molecule has 6 nitrogen and oxygen atoms in total. The Kier molecular flexibility index (Phi) is 3.54. The van der Waals surface area contributed by atoms with E-state index in [-0.39, 0.29) is 17.7 Å². The highest BCUT2D eigenvalue weighted by molar-refractivity contribution is 5.89. The predicted molar refractivity (Wildman–Crippen MR) is 98.1 cm³/mol. The molecule has 4 fully saturated rings. The first-order valence-electron chi connectivity index (χ1n) is 10.4. The van der Waals surface area contributed by atoms with Crippen molar-refractivity contribution in [1.82, 2.24) is 0 Å². The number of nitrogens with one attached hydrogen (secondary N) is 1. The molecule has 6 heteroatoms. The predicted octanol–water partition coefficient (Wildman–Crippen LogP) is 3.67. The monoisotopic (exact) mass is 376 g/mol. The average molecular weight is 376 g/mol. The maximum atomic E-state index is 10.4. The molecule has 2 saturated heterocycles. The first-order valence-corrected chi connectivity index (χ1v) is 10.4. The quantitative estimate of drug-likeness (QED) is 0.739. The van der Waals surface area contributed by atoms with E-state index in [0.29, 0.717) is 24.7 Å². The first-order chi connectivity index (χ1) is 13.5. The van der Waals surface area contributed by atoms with Crippen molar-refractivity contribution in [2.75, 3.05) is 0 Å². The van der Waals surface area contributed by atoms with Gasteiger partial charge in [-0.3, -0.25) is 5.41 Å². The molecule has 0 amide bonds. The Labute approximate surface area is 165 Å². The highest BCUT2D eigenvalue weighted by atomic mass is 16.7. The average Bonchev–Trinajstić information content (AvgIpc) is 3.39. The number of hydrogen-bond acceptors (Lipinski definition) is 6. The highest BCUT2D eigenvalue weighted by Gasteiger charge is 2.81. The lowest BCUT2D eigenvalue weighted by Crippen LogP contribution is -2.65. The van der Waals surface area contributed by atoms with Gasteiger partial charge in [0.1, 0.15) is 0 Å². The second-order valence-corrected chi connectivity index (χ2v) is 9.28. The van der Waals surface area contributed by atoms with Crippen molar-refractivity contribution < 1.29 is 9.47 Å². The smallest absolute Gasteiger partial charge is 0.217 e. The minimum atomic E-state index is -1.72. The molecular formula is C22H24N4O2. The Hall–Kier alpha value is -2.36. The zero-order valence-corrected chi connectivity index (χ0v) is 16.0. The van der Waals surface area contributed by atoms with Crippen LogP contribution in [-0.4, -0.2) is 17.8 Å². The molecule has 2 heterocycles. The molecule has 0 aromatic carbocycles. The van der Waals surface area contributed by atoms with Gasteiger partial charge >= 0.3 is 0 Å². The molecule has 0 aromatic heterocycles. The van der Waals surface area contributed by atoms with Gasteiger partial charge in [0.2, 0.25) is 11.7 Å². The van der Waals surface area contributed by atoms with Crippen LogP contribution in [0.5, 0.6) is 0 Å². The van der Waals surface area contributed by atoms with Crippen LogP contribution in [0.2, 0.25) is 0 Å². The SMILES string of the molecule is CCC1CCC23OC(=N)C(C#N)(C2C1)C(C#N)(C#N)C(C1CC2C=CC1C2)O3. The Morgan fingerprint density at radius 2 is 1.93 bits per heavy atom. The number of fused-ring (bicyclic) bond motifs is 2. The fourth-order valence-electron chi connectivity index (χ4n) is 6.89. The molecule has 0 spiro atoms. The summed E-state index contributed by atoms with van der Waals surface area (Å²) in [7, 11) is 0. The Morgan fingerprint density at radius 1 is 1.14 bits per heavy atom. The van der Waals surface area contributed by atoms with Crippen LogP contribution in [0.15, 0.2) is 12.2 Å². The summed E-state index contributed by atoms with van der Waals surface area (Å²) in [5.41, 5.74) is -3.28. The van der Waals surface area contributed by atoms with E-state index in [9.17, 15) is 15.8 Å². The fraction of sp³-hybridized carbons (Fsp3) is 0.727. The number of hydrogen-bond donors (Lipinski definition) is 1. The van der Waals surface area contributed by atoms with E-state index >= 15 is 0 Å². The molecule has 28 heavy (non-hydrogen) atoms. The number of ether oxygens (including phenoxy) is 2. The van der Waals surface area contributed by atoms with Crippen LogP contribution in [-0.2, 0) is 9.47 Å². The largest absolute Gasteiger partial charge is 0.447 e. The number of rotatable bonds is 2. The Morgan fingerprint density at radius 3 is 2.50 bits per heavy atom. The number of allylic oxidation sites excluding steroid dienone is 2. The van der Waals surface area contributed by atoms with Gasteiger partial charge in [-0.05, 0) is 49.4 Å². The van der Waals surface area contributed by atoms with Gasteiger partial charge in [0.25, 0.3) is 0 Å². The van der Waals surface area contributed by atoms with Crippen molar-refractivity contribution in [3.05, 3.63) is 12.2 Å². The van der Waals surface area contributed by atoms with Gasteiger partial charge in [-0.15, -0.1) is 0 Å². The zero-order chi connectivity index (χ0) is 19.7. The third kappa shape index (κ3) is 1.77. The van der Waals surface area contributed by atoms with Crippen LogP contribution in [0.3, 0.4) is 0 Å². The van der Waals surface area contributed by atoms with Crippen LogP contribution in [0.1, 0.15) is 45.4 Å². The van der Waals surface area contributed by atoms with E-state index in [0.717, 1.165) is 25.7 Å². The molecule has 1 N–H and O–H groups in total. The fourth-order valence-corrected chi connectivity index (χ4v) is 6.89. The van der Waals surface area contributed by atoms with E-state index in [2.05, 4.69) is 37.3 Å². The van der Waals surface area contributed by atoms with Gasteiger partial charge in [0, 0.05) is 6.42 Å². The first kappa shape index (κ1) is 17.7. The van der Waals surface area contributed by atoms with Crippen LogP contribution >= 0.6 is 0 Å². The van der Waals surface area contributed by atoms with Crippen LogP contribution in [0, 0.1) is 79.8 Å². The summed E-state index contributed by atoms with van der Waals surface area (Å²) in [5.74, 6) is -0.594. The second-order valence-electron chi connectivity index (χ2n) is 9.28. The van der Waals surface area contributed by atoms with Gasteiger partial charge in [0.15, 0.2) is 10.8 Å². The lowest BCUT2D eigenvalue weighted by molar-refractivity contribution is -0.307. The third-order valence-electron chi connectivity index (χ3n) is 8.36. The van der Waals surface area contributed by atoms with Crippen LogP contribution in [0.4, 0.5) is 0 Å². The van der Waals surface area contributed by atoms with E-state index < -0.39 is 28.6 Å². The minimum Gasteiger partial charge on any atom is -0.447 e. The van der Waals surface area contributed by atoms with Gasteiger partial charge in [-0.2, -0.15) is 15.8 Å². The minimum absolute atomic E-state index is 0.0123. The third-order valence-corrected chi connectivity index (χ3v) is 8.36. The molecule has 3 aliphatic carbocycles. The van der Waals surface area contributed by atoms with E-state index in [1.807, 2.05) is 0 Å². The Bertz CT molecular complexity index is 878. The lowest BCUT2D eigenvalue weighted by Gasteiger charge is -2.54. The van der Waals surface area contributed by atoms with Gasteiger partial charge in [-0.1, -0.05) is 25.5 Å². The summed E-state index contributed by atoms with van der Waals surface area (Å²) in [4.78, 5) is 0. The summed E-state index contributed by atoms with van der Waals surface area (Å²) >= 11 is 0. The normalized spacial score (nSPS) is 49.6. The Balaban J connectivity index is 1.69. The van der Waals surface area contributed by atoms with Gasteiger partial charge < -0.3 is 9.47 Å². The number of nitriles is 3. The summed E-state index contributed by atoms with van der Waals surface area (Å²) in [6.45, 7) is 2.12. The van der Waals surface area contributed by atoms with E-state index in [4.69, 9.17) is 14.9 Å². The molecule has 8 atom stereocenters. The maximum Gasteiger partial charge on any atom is 0.217 e. The molecule has 5 rings (SSSR count). The van der Waals surface area contributed by atoms with Crippen molar-refractivity contribution in [3.8, 4) is 18.2 Å². The molecule has 2 saturated carbocycles. The highest BCUT2D eigenvalue weighted by Crippen LogP contribution is 2.69. The van der Waals surface area contributed by atoms with E-state index in [1.165, 1.54) is 0 Å². The summed E-state index contributed by atoms with van der Waals surface area (Å²) in [5, 5.41) is 39.6. The zero-order valence-electron chi connectivity index (χ0n) is 16.0. The van der Waals surface area contributed by atoms with E-state index in [1.54, 1.807) is 0 Å². The molecule has 0 aromatic rings.